The van der Waals surface area contributed by atoms with Gasteiger partial charge in [0.2, 0.25) is 5.13 Å². The minimum Gasteiger partial charge on any atom is -0.480 e. The van der Waals surface area contributed by atoms with Crippen molar-refractivity contribution in [1.29, 1.82) is 0 Å². The maximum Gasteiger partial charge on any atom is 0.330 e. The van der Waals surface area contributed by atoms with Gasteiger partial charge in [-0.3, -0.25) is 10.1 Å². The fraction of sp³-hybridized carbons (Fsp3) is 0.0833. The van der Waals surface area contributed by atoms with Gasteiger partial charge in [-0.05, 0) is 11.1 Å². The molecular weight excluding hydrogens is 440 g/mol. The number of hydrogen-bond donors (Lipinski definition) is 1. The summed E-state index contributed by atoms with van der Waals surface area (Å²) in [7, 11) is 0. The van der Waals surface area contributed by atoms with E-state index in [1.54, 1.807) is 6.07 Å². The van der Waals surface area contributed by atoms with Gasteiger partial charge in [-0.1, -0.05) is 72.8 Å². The fourth-order valence-electron chi connectivity index (χ4n) is 3.27. The van der Waals surface area contributed by atoms with Crippen LogP contribution in [-0.4, -0.2) is 27.0 Å². The minimum absolute atomic E-state index is 0.144. The van der Waals surface area contributed by atoms with Crippen LogP contribution in [0.15, 0.2) is 94.5 Å². The molecule has 8 nitrogen and oxygen atoms in total. The highest BCUT2D eigenvalue weighted by Crippen LogP contribution is 2.29. The molecule has 1 unspecified atom stereocenters. The van der Waals surface area contributed by atoms with E-state index in [1.807, 2.05) is 60.0 Å². The number of hydrogen-bond acceptors (Lipinski definition) is 7. The summed E-state index contributed by atoms with van der Waals surface area (Å²) in [5.74, 6) is -1.22. The quantitative estimate of drug-likeness (QED) is 0.193. The van der Waals surface area contributed by atoms with Crippen LogP contribution in [0, 0.1) is 10.1 Å². The molecule has 4 rings (SSSR count). The molecule has 1 N–H and O–H groups in total. The Labute approximate surface area is 193 Å². The zero-order valence-electron chi connectivity index (χ0n) is 17.2. The lowest BCUT2D eigenvalue weighted by Crippen LogP contribution is -2.20. The van der Waals surface area contributed by atoms with Crippen LogP contribution < -0.4 is 0 Å². The molecule has 1 heterocycles. The number of nitro benzene ring substituents is 1. The van der Waals surface area contributed by atoms with Gasteiger partial charge in [0.05, 0.1) is 10.6 Å². The summed E-state index contributed by atoms with van der Waals surface area (Å²) >= 11 is 1.24. The molecule has 0 fully saturated rings. The molecule has 0 aliphatic heterocycles. The first kappa shape index (κ1) is 22.0. The van der Waals surface area contributed by atoms with Gasteiger partial charge in [-0.15, -0.1) is 16.5 Å². The molecular formula is C24H18N4O4S. The van der Waals surface area contributed by atoms with E-state index in [0.29, 0.717) is 10.8 Å². The van der Waals surface area contributed by atoms with Crippen molar-refractivity contribution in [2.24, 2.45) is 10.2 Å². The summed E-state index contributed by atoms with van der Waals surface area (Å²) in [6.07, 6.45) is -0.144. The number of carboxylic acid groups (broad SMARTS) is 1. The Balaban J connectivity index is 1.49. The molecule has 1 atom stereocenters. The van der Waals surface area contributed by atoms with Crippen LogP contribution in [-0.2, 0) is 11.2 Å². The number of aromatic nitrogens is 1. The maximum atomic E-state index is 11.6. The second-order valence-electron chi connectivity index (χ2n) is 7.12. The third kappa shape index (κ3) is 5.34. The van der Waals surface area contributed by atoms with E-state index in [2.05, 4.69) is 15.2 Å². The molecule has 0 aliphatic carbocycles. The van der Waals surface area contributed by atoms with Gasteiger partial charge in [0.1, 0.15) is 0 Å². The van der Waals surface area contributed by atoms with Crippen molar-refractivity contribution >= 4 is 28.1 Å². The molecule has 0 aliphatic rings. The number of carbonyl (C=O) groups is 1. The molecule has 4 aromatic rings. The molecule has 0 amide bonds. The van der Waals surface area contributed by atoms with Crippen molar-refractivity contribution in [2.45, 2.75) is 12.5 Å². The molecule has 9 heteroatoms. The molecule has 33 heavy (non-hydrogen) atoms. The lowest BCUT2D eigenvalue weighted by atomic mass is 10.0. The number of thiazole rings is 1. The van der Waals surface area contributed by atoms with E-state index >= 15 is 0 Å². The summed E-state index contributed by atoms with van der Waals surface area (Å²) in [5, 5.41) is 30.7. The number of azo groups is 1. The topological polar surface area (TPSA) is 118 Å². The Bertz CT molecular complexity index is 1300. The standard InChI is InChI=1S/C24H18N4O4S/c29-23(30)20(14-19-8-4-5-9-22(19)28(31)32)26-27-24-25-21(15-33-24)18-12-10-17(11-13-18)16-6-2-1-3-7-16/h1-13,15,20H,14H2,(H,29,30). The fourth-order valence-corrected chi connectivity index (χ4v) is 3.92. The smallest absolute Gasteiger partial charge is 0.330 e. The third-order valence-electron chi connectivity index (χ3n) is 4.95. The molecule has 1 aromatic heterocycles. The van der Waals surface area contributed by atoms with Gasteiger partial charge in [0, 0.05) is 29.0 Å². The monoisotopic (exact) mass is 458 g/mol. The van der Waals surface area contributed by atoms with Crippen LogP contribution in [0.4, 0.5) is 10.8 Å². The summed E-state index contributed by atoms with van der Waals surface area (Å²) < 4.78 is 0. The van der Waals surface area contributed by atoms with E-state index in [4.69, 9.17) is 0 Å². The van der Waals surface area contributed by atoms with Gasteiger partial charge in [-0.2, -0.15) is 5.11 Å². The Kier molecular flexibility index (Phi) is 6.61. The first-order valence-electron chi connectivity index (χ1n) is 9.98. The number of nitrogens with zero attached hydrogens (tertiary/aromatic N) is 4. The number of carboxylic acids is 1. The van der Waals surface area contributed by atoms with Crippen LogP contribution >= 0.6 is 11.3 Å². The molecule has 0 spiro atoms. The van der Waals surface area contributed by atoms with Gasteiger partial charge in [0.15, 0.2) is 6.04 Å². The zero-order valence-corrected chi connectivity index (χ0v) is 18.1. The SMILES string of the molecule is O=C(O)C(Cc1ccccc1[N+](=O)[O-])N=Nc1nc(-c2ccc(-c3ccccc3)cc2)cs1. The van der Waals surface area contributed by atoms with Crippen molar-refractivity contribution < 1.29 is 14.8 Å². The van der Waals surface area contributed by atoms with Crippen molar-refractivity contribution in [1.82, 2.24) is 4.98 Å². The Morgan fingerprint density at radius 1 is 0.970 bits per heavy atom. The van der Waals surface area contributed by atoms with Crippen LogP contribution in [0.2, 0.25) is 0 Å². The average molecular weight is 458 g/mol. The van der Waals surface area contributed by atoms with E-state index < -0.39 is 16.9 Å². The second kappa shape index (κ2) is 9.92. The van der Waals surface area contributed by atoms with Crippen molar-refractivity contribution in [3.63, 3.8) is 0 Å². The van der Waals surface area contributed by atoms with E-state index in [9.17, 15) is 20.0 Å². The second-order valence-corrected chi connectivity index (χ2v) is 7.95. The highest BCUT2D eigenvalue weighted by molar-refractivity contribution is 7.13. The van der Waals surface area contributed by atoms with E-state index in [-0.39, 0.29) is 17.7 Å². The number of para-hydroxylation sites is 1. The Morgan fingerprint density at radius 2 is 1.61 bits per heavy atom. The summed E-state index contributed by atoms with van der Waals surface area (Å²) in [4.78, 5) is 26.7. The molecule has 0 bridgehead atoms. The third-order valence-corrected chi connectivity index (χ3v) is 5.67. The molecule has 0 saturated heterocycles. The summed E-state index contributed by atoms with van der Waals surface area (Å²) in [6.45, 7) is 0. The molecule has 0 radical (unpaired) electrons. The van der Waals surface area contributed by atoms with E-state index in [1.165, 1.54) is 29.5 Å². The van der Waals surface area contributed by atoms with Crippen molar-refractivity contribution in [3.05, 3.63) is 99.9 Å². The molecule has 164 valence electrons. The predicted molar refractivity (Wildman–Crippen MR) is 126 cm³/mol. The highest BCUT2D eigenvalue weighted by Gasteiger charge is 2.22. The molecule has 0 saturated carbocycles. The van der Waals surface area contributed by atoms with Crippen molar-refractivity contribution in [3.8, 4) is 22.4 Å². The number of rotatable bonds is 8. The number of aliphatic carboxylic acids is 1. The first-order valence-corrected chi connectivity index (χ1v) is 10.9. The van der Waals surface area contributed by atoms with Gasteiger partial charge in [-0.25, -0.2) is 9.78 Å². The lowest BCUT2D eigenvalue weighted by molar-refractivity contribution is -0.385. The zero-order chi connectivity index (χ0) is 23.2. The van der Waals surface area contributed by atoms with E-state index in [0.717, 1.165) is 16.7 Å². The Hall–Kier alpha value is -4.24. The summed E-state index contributed by atoms with van der Waals surface area (Å²) in [5.41, 5.74) is 3.96. The van der Waals surface area contributed by atoms with Crippen LogP contribution in [0.1, 0.15) is 5.56 Å². The number of benzene rings is 3. The Morgan fingerprint density at radius 3 is 2.30 bits per heavy atom. The minimum atomic E-state index is -1.26. The van der Waals surface area contributed by atoms with Gasteiger partial charge >= 0.3 is 5.97 Å². The number of nitro groups is 1. The van der Waals surface area contributed by atoms with Gasteiger partial charge < -0.3 is 5.11 Å². The summed E-state index contributed by atoms with van der Waals surface area (Å²) in [6, 6.07) is 22.7. The molecule has 3 aromatic carbocycles. The normalized spacial score (nSPS) is 12.0. The van der Waals surface area contributed by atoms with Crippen molar-refractivity contribution in [2.75, 3.05) is 0 Å². The van der Waals surface area contributed by atoms with Gasteiger partial charge in [0.25, 0.3) is 5.69 Å². The lowest BCUT2D eigenvalue weighted by Gasteiger charge is -2.06. The predicted octanol–water partition coefficient (Wildman–Crippen LogP) is 6.16. The van der Waals surface area contributed by atoms with Crippen LogP contribution in [0.5, 0.6) is 0 Å². The highest BCUT2D eigenvalue weighted by atomic mass is 32.1. The first-order chi connectivity index (χ1) is 16.0. The largest absolute Gasteiger partial charge is 0.480 e. The van der Waals surface area contributed by atoms with Crippen LogP contribution in [0.25, 0.3) is 22.4 Å². The van der Waals surface area contributed by atoms with Crippen LogP contribution in [0.3, 0.4) is 0 Å². The average Bonchev–Trinajstić information content (AvgIpc) is 3.31. The maximum absolute atomic E-state index is 11.6.